The van der Waals surface area contributed by atoms with Crippen LogP contribution in [0.4, 0.5) is 4.79 Å². The lowest BCUT2D eigenvalue weighted by Gasteiger charge is -2.43. The van der Waals surface area contributed by atoms with Crippen LogP contribution in [0.25, 0.3) is 0 Å². The fourth-order valence-electron chi connectivity index (χ4n) is 2.60. The highest BCUT2D eigenvalue weighted by molar-refractivity contribution is 7.12. The van der Waals surface area contributed by atoms with E-state index in [2.05, 4.69) is 36.6 Å². The molecule has 1 aliphatic rings. The first-order chi connectivity index (χ1) is 10.2. The molecule has 1 unspecified atom stereocenters. The minimum absolute atomic E-state index is 0.150. The van der Waals surface area contributed by atoms with E-state index in [1.165, 1.54) is 9.75 Å². The number of hydrogen-bond acceptors (Lipinski definition) is 4. The fourth-order valence-corrected chi connectivity index (χ4v) is 3.51. The summed E-state index contributed by atoms with van der Waals surface area (Å²) in [6.07, 6.45) is 2.86. The average molecular weight is 324 g/mol. The van der Waals surface area contributed by atoms with Crippen LogP contribution in [0.15, 0.2) is 12.1 Å². The molecule has 0 aliphatic heterocycles. The fraction of sp³-hybridized carbons (Fsp3) is 0.706. The van der Waals surface area contributed by atoms with Crippen molar-refractivity contribution in [2.75, 3.05) is 6.54 Å². The molecule has 1 heterocycles. The molecule has 4 nitrogen and oxygen atoms in total. The van der Waals surface area contributed by atoms with Crippen molar-refractivity contribution >= 4 is 17.4 Å². The maximum atomic E-state index is 12.0. The van der Waals surface area contributed by atoms with Gasteiger partial charge in [0, 0.05) is 22.3 Å². The van der Waals surface area contributed by atoms with Crippen molar-refractivity contribution in [2.24, 2.45) is 0 Å². The molecule has 1 saturated carbocycles. The molecule has 1 amide bonds. The molecule has 0 bridgehead atoms. The summed E-state index contributed by atoms with van der Waals surface area (Å²) in [7, 11) is 0. The summed E-state index contributed by atoms with van der Waals surface area (Å²) in [4.78, 5) is 14.7. The van der Waals surface area contributed by atoms with Gasteiger partial charge in [-0.25, -0.2) is 4.79 Å². The molecule has 1 aromatic rings. The molecule has 5 heteroatoms. The number of thiophene rings is 1. The number of rotatable bonds is 5. The van der Waals surface area contributed by atoms with Crippen LogP contribution in [0.1, 0.15) is 62.8 Å². The quantitative estimate of drug-likeness (QED) is 0.855. The molecule has 2 N–H and O–H groups in total. The largest absolute Gasteiger partial charge is 0.444 e. The zero-order valence-electron chi connectivity index (χ0n) is 14.3. The van der Waals surface area contributed by atoms with Gasteiger partial charge in [-0.3, -0.25) is 0 Å². The van der Waals surface area contributed by atoms with Gasteiger partial charge >= 0.3 is 6.09 Å². The van der Waals surface area contributed by atoms with Gasteiger partial charge in [0.2, 0.25) is 0 Å². The second kappa shape index (κ2) is 6.59. The second-order valence-corrected chi connectivity index (χ2v) is 8.63. The Kier molecular flexibility index (Phi) is 5.17. The third-order valence-corrected chi connectivity index (χ3v) is 5.19. The number of aryl methyl sites for hydroxylation is 1. The van der Waals surface area contributed by atoms with Gasteiger partial charge in [-0.2, -0.15) is 0 Å². The summed E-state index contributed by atoms with van der Waals surface area (Å²) < 4.78 is 5.39. The van der Waals surface area contributed by atoms with Gasteiger partial charge in [-0.05, 0) is 66.0 Å². The van der Waals surface area contributed by atoms with E-state index in [4.69, 9.17) is 4.74 Å². The monoisotopic (exact) mass is 324 g/mol. The Morgan fingerprint density at radius 1 is 1.41 bits per heavy atom. The van der Waals surface area contributed by atoms with Crippen molar-refractivity contribution in [3.63, 3.8) is 0 Å². The summed E-state index contributed by atoms with van der Waals surface area (Å²) in [6, 6.07) is 4.62. The predicted molar refractivity (Wildman–Crippen MR) is 91.4 cm³/mol. The van der Waals surface area contributed by atoms with Crippen molar-refractivity contribution in [2.45, 2.75) is 71.1 Å². The number of hydrogen-bond donors (Lipinski definition) is 2. The molecule has 124 valence electrons. The van der Waals surface area contributed by atoms with Crippen LogP contribution in [0.3, 0.4) is 0 Å². The Balaban J connectivity index is 1.87. The van der Waals surface area contributed by atoms with E-state index in [1.807, 2.05) is 32.1 Å². The van der Waals surface area contributed by atoms with Crippen LogP contribution >= 0.6 is 11.3 Å². The second-order valence-electron chi connectivity index (χ2n) is 7.31. The lowest BCUT2D eigenvalue weighted by atomic mass is 9.76. The first-order valence-electron chi connectivity index (χ1n) is 8.00. The molecule has 22 heavy (non-hydrogen) atoms. The van der Waals surface area contributed by atoms with Crippen molar-refractivity contribution in [3.05, 3.63) is 21.9 Å². The SMILES string of the molecule is Cc1ccc(C(C)NCC2(NC(=O)OC(C)(C)C)CCC2)s1. The molecule has 1 aromatic heterocycles. The Hall–Kier alpha value is -1.07. The Morgan fingerprint density at radius 2 is 2.09 bits per heavy atom. The number of amides is 1. The van der Waals surface area contributed by atoms with Gasteiger partial charge in [0.25, 0.3) is 0 Å². The van der Waals surface area contributed by atoms with Crippen LogP contribution in [0, 0.1) is 6.92 Å². The van der Waals surface area contributed by atoms with Gasteiger partial charge in [0.1, 0.15) is 5.60 Å². The Labute approximate surface area is 137 Å². The van der Waals surface area contributed by atoms with Crippen LogP contribution in [0.5, 0.6) is 0 Å². The topological polar surface area (TPSA) is 50.4 Å². The normalized spacial score (nSPS) is 18.4. The number of alkyl carbamates (subject to hydrolysis) is 1. The van der Waals surface area contributed by atoms with Crippen LogP contribution in [0.2, 0.25) is 0 Å². The number of carbonyl (C=O) groups is 1. The highest BCUT2D eigenvalue weighted by Crippen LogP contribution is 2.32. The van der Waals surface area contributed by atoms with Crippen molar-refractivity contribution < 1.29 is 9.53 Å². The summed E-state index contributed by atoms with van der Waals surface area (Å²) in [5.41, 5.74) is -0.604. The van der Waals surface area contributed by atoms with Gasteiger partial charge in [-0.1, -0.05) is 0 Å². The van der Waals surface area contributed by atoms with Crippen LogP contribution < -0.4 is 10.6 Å². The lowest BCUT2D eigenvalue weighted by Crippen LogP contribution is -2.60. The van der Waals surface area contributed by atoms with E-state index in [0.717, 1.165) is 25.8 Å². The third kappa shape index (κ3) is 4.71. The first kappa shape index (κ1) is 17.3. The number of ether oxygens (including phenoxy) is 1. The highest BCUT2D eigenvalue weighted by Gasteiger charge is 2.39. The van der Waals surface area contributed by atoms with Crippen molar-refractivity contribution in [3.8, 4) is 0 Å². The minimum atomic E-state index is -0.454. The molecule has 1 aliphatic carbocycles. The standard InChI is InChI=1S/C17H28N2O2S/c1-12-7-8-14(22-12)13(2)18-11-17(9-6-10-17)19-15(20)21-16(3,4)5/h7-8,13,18H,6,9-11H2,1-5H3,(H,19,20). The zero-order valence-corrected chi connectivity index (χ0v) is 15.1. The van der Waals surface area contributed by atoms with Crippen molar-refractivity contribution in [1.82, 2.24) is 10.6 Å². The molecule has 0 radical (unpaired) electrons. The lowest BCUT2D eigenvalue weighted by molar-refractivity contribution is 0.0379. The maximum Gasteiger partial charge on any atom is 0.408 e. The van der Waals surface area contributed by atoms with E-state index in [0.29, 0.717) is 6.04 Å². The molecule has 1 fully saturated rings. The predicted octanol–water partition coefficient (Wildman–Crippen LogP) is 4.15. The molecule has 1 atom stereocenters. The minimum Gasteiger partial charge on any atom is -0.444 e. The van der Waals surface area contributed by atoms with E-state index in [-0.39, 0.29) is 11.6 Å². The van der Waals surface area contributed by atoms with E-state index < -0.39 is 5.60 Å². The number of nitrogens with one attached hydrogen (secondary N) is 2. The van der Waals surface area contributed by atoms with E-state index in [9.17, 15) is 4.79 Å². The summed E-state index contributed by atoms with van der Waals surface area (Å²) in [5.74, 6) is 0. The van der Waals surface area contributed by atoms with Gasteiger partial charge in [0.15, 0.2) is 0 Å². The van der Waals surface area contributed by atoms with Crippen molar-refractivity contribution in [1.29, 1.82) is 0 Å². The molecular weight excluding hydrogens is 296 g/mol. The zero-order chi connectivity index (χ0) is 16.4. The highest BCUT2D eigenvalue weighted by atomic mass is 32.1. The average Bonchev–Trinajstić information content (AvgIpc) is 2.76. The molecule has 0 spiro atoms. The van der Waals surface area contributed by atoms with E-state index >= 15 is 0 Å². The summed E-state index contributed by atoms with van der Waals surface area (Å²) in [6.45, 7) is 10.7. The van der Waals surface area contributed by atoms with Crippen LogP contribution in [-0.2, 0) is 4.74 Å². The Bertz CT molecular complexity index is 515. The smallest absolute Gasteiger partial charge is 0.408 e. The molecule has 0 aromatic carbocycles. The maximum absolute atomic E-state index is 12.0. The number of carbonyl (C=O) groups excluding carboxylic acids is 1. The third-order valence-electron chi connectivity index (χ3n) is 4.01. The summed E-state index contributed by atoms with van der Waals surface area (Å²) >= 11 is 1.82. The Morgan fingerprint density at radius 3 is 2.55 bits per heavy atom. The van der Waals surface area contributed by atoms with Gasteiger partial charge in [0.05, 0.1) is 5.54 Å². The molecule has 2 rings (SSSR count). The van der Waals surface area contributed by atoms with E-state index in [1.54, 1.807) is 0 Å². The molecular formula is C17H28N2O2S. The van der Waals surface area contributed by atoms with Gasteiger partial charge < -0.3 is 15.4 Å². The van der Waals surface area contributed by atoms with Gasteiger partial charge in [-0.15, -0.1) is 11.3 Å². The van der Waals surface area contributed by atoms with Crippen LogP contribution in [-0.4, -0.2) is 23.8 Å². The molecule has 0 saturated heterocycles. The summed E-state index contributed by atoms with van der Waals surface area (Å²) in [5, 5.41) is 6.64. The first-order valence-corrected chi connectivity index (χ1v) is 8.82.